The normalized spacial score (nSPS) is 49.6. The largest absolute Gasteiger partial charge is 0.449 e. The van der Waals surface area contributed by atoms with Crippen LogP contribution in [0.2, 0.25) is 0 Å². The van der Waals surface area contributed by atoms with Crippen LogP contribution in [0.1, 0.15) is 53.4 Å². The van der Waals surface area contributed by atoms with Crippen molar-refractivity contribution in [3.8, 4) is 0 Å². The highest BCUT2D eigenvalue weighted by atomic mass is 32.2. The molecule has 0 aromatic rings. The summed E-state index contributed by atoms with van der Waals surface area (Å²) in [6, 6.07) is -1.04. The van der Waals surface area contributed by atoms with E-state index >= 15 is 8.78 Å². The van der Waals surface area contributed by atoms with E-state index in [0.717, 1.165) is 6.08 Å². The van der Waals surface area contributed by atoms with E-state index in [0.29, 0.717) is 24.8 Å². The van der Waals surface area contributed by atoms with Gasteiger partial charge in [-0.05, 0) is 74.9 Å². The molecule has 5 rings (SSSR count). The third kappa shape index (κ3) is 3.38. The average molecular weight is 557 g/mol. The lowest BCUT2D eigenvalue weighted by Gasteiger charge is -2.63. The molecule has 0 amide bonds. The van der Waals surface area contributed by atoms with E-state index in [1.165, 1.54) is 19.1 Å². The highest BCUT2D eigenvalue weighted by Crippen LogP contribution is 2.72. The average Bonchev–Trinajstić information content (AvgIpc) is 3.39. The van der Waals surface area contributed by atoms with Crippen LogP contribution in [0.4, 0.5) is 13.2 Å². The van der Waals surface area contributed by atoms with Crippen LogP contribution in [0, 0.1) is 34.0 Å². The lowest BCUT2D eigenvalue weighted by atomic mass is 9.44. The van der Waals surface area contributed by atoms with E-state index < -0.39 is 80.4 Å². The molecule has 0 radical (unpaired) electrons. The first-order valence-electron chi connectivity index (χ1n) is 13.2. The van der Waals surface area contributed by atoms with Gasteiger partial charge in [0.05, 0.1) is 18.1 Å². The van der Waals surface area contributed by atoms with Gasteiger partial charge in [0.1, 0.15) is 12.2 Å². The molecule has 1 N–H and O–H groups in total. The maximum atomic E-state index is 17.4. The molecule has 38 heavy (non-hydrogen) atoms. The molecule has 4 fully saturated rings. The summed E-state index contributed by atoms with van der Waals surface area (Å²) < 4.78 is 58.3. The molecule has 0 aromatic heterocycles. The summed E-state index contributed by atoms with van der Waals surface area (Å²) in [4.78, 5) is 39.3. The first kappa shape index (κ1) is 27.9. The van der Waals surface area contributed by atoms with E-state index in [1.807, 2.05) is 0 Å². The Morgan fingerprint density at radius 3 is 2.58 bits per heavy atom. The smallest absolute Gasteiger partial charge is 0.315 e. The van der Waals surface area contributed by atoms with Gasteiger partial charge in [0.25, 0.3) is 0 Å². The van der Waals surface area contributed by atoms with Gasteiger partial charge in [0.15, 0.2) is 17.1 Å². The van der Waals surface area contributed by atoms with Crippen molar-refractivity contribution in [3.63, 3.8) is 0 Å². The number of rotatable bonds is 4. The molecule has 0 spiro atoms. The molecule has 0 unspecified atom stereocenters. The van der Waals surface area contributed by atoms with Gasteiger partial charge in [-0.25, -0.2) is 13.2 Å². The summed E-state index contributed by atoms with van der Waals surface area (Å²) in [7, 11) is 0. The fraction of sp³-hybridized carbons (Fsp3) is 0.750. The zero-order valence-electron chi connectivity index (χ0n) is 22.1. The zero-order chi connectivity index (χ0) is 27.9. The molecule has 1 aliphatic heterocycles. The summed E-state index contributed by atoms with van der Waals surface area (Å²) in [5, 5.41) is 10.9. The molecule has 10 heteroatoms. The maximum absolute atomic E-state index is 17.4. The van der Waals surface area contributed by atoms with Crippen LogP contribution >= 0.6 is 11.8 Å². The molecule has 5 aliphatic rings. The number of esters is 1. The van der Waals surface area contributed by atoms with E-state index in [4.69, 9.17) is 9.47 Å². The summed E-state index contributed by atoms with van der Waals surface area (Å²) >= 11 is 0.395. The van der Waals surface area contributed by atoms with Crippen LogP contribution in [-0.2, 0) is 23.9 Å². The Labute approximate surface area is 224 Å². The monoisotopic (exact) mass is 556 g/mol. The van der Waals surface area contributed by atoms with Crippen LogP contribution in [0.25, 0.3) is 0 Å². The van der Waals surface area contributed by atoms with Crippen LogP contribution in [0.5, 0.6) is 0 Å². The van der Waals surface area contributed by atoms with Gasteiger partial charge < -0.3 is 14.6 Å². The Morgan fingerprint density at radius 1 is 1.24 bits per heavy atom. The van der Waals surface area contributed by atoms with E-state index in [-0.39, 0.29) is 31.4 Å². The second kappa shape index (κ2) is 8.93. The maximum Gasteiger partial charge on any atom is 0.315 e. The minimum Gasteiger partial charge on any atom is -0.449 e. The minimum absolute atomic E-state index is 0.00774. The Morgan fingerprint density at radius 2 is 1.95 bits per heavy atom. The van der Waals surface area contributed by atoms with Crippen molar-refractivity contribution in [1.29, 1.82) is 0 Å². The molecule has 1 saturated heterocycles. The molecular formula is C28H35F3O6S. The van der Waals surface area contributed by atoms with Crippen molar-refractivity contribution in [2.45, 2.75) is 76.9 Å². The number of alkyl halides is 3. The zero-order valence-corrected chi connectivity index (χ0v) is 22.9. The van der Waals surface area contributed by atoms with Gasteiger partial charge in [-0.3, -0.25) is 14.4 Å². The van der Waals surface area contributed by atoms with Crippen LogP contribution in [-0.4, -0.2) is 64.7 Å². The summed E-state index contributed by atoms with van der Waals surface area (Å²) in [5.41, 5.74) is -8.02. The number of hydrogen-bond acceptors (Lipinski definition) is 7. The number of ketones is 1. The minimum atomic E-state index is -2.33. The number of hydrogen-bond donors (Lipinski definition) is 1. The molecule has 210 valence electrons. The lowest BCUT2D eigenvalue weighted by Crippen LogP contribution is -2.71. The number of thioether (sulfide) groups is 1. The number of fused-ring (bicyclic) bond motifs is 5. The van der Waals surface area contributed by atoms with Gasteiger partial charge in [0, 0.05) is 29.3 Å². The third-order valence-corrected chi connectivity index (χ3v) is 11.3. The third-order valence-electron chi connectivity index (χ3n) is 10.6. The predicted molar refractivity (Wildman–Crippen MR) is 134 cm³/mol. The Balaban J connectivity index is 1.62. The van der Waals surface area contributed by atoms with E-state index in [9.17, 15) is 23.9 Å². The van der Waals surface area contributed by atoms with Crippen molar-refractivity contribution in [2.75, 3.05) is 19.2 Å². The number of carbonyl (C=O) groups excluding carboxylic acids is 3. The molecule has 10 atom stereocenters. The van der Waals surface area contributed by atoms with Crippen LogP contribution in [0.15, 0.2) is 23.8 Å². The summed E-state index contributed by atoms with van der Waals surface area (Å²) in [5.74, 6) is -3.42. The standard InChI is InChI=1S/C28H35F3O6S/c1-15-9-17-18-11-20(30)19-10-16(32)5-6-25(19,3)27(18,31)21(33)12-26(17,4)28(15,23(35)38-14-29)37-22(34)24(2)7-8-36-13-24/h5-6,10,15,17-18,20-21,33H,7-9,11-14H2,1-4H3/t15-,17+,18+,20+,21+,24-,25+,26+,27+,28+/m1/s1. The number of aliphatic hydroxyl groups is 1. The first-order valence-corrected chi connectivity index (χ1v) is 14.2. The fourth-order valence-electron chi connectivity index (χ4n) is 8.47. The molecular weight excluding hydrogens is 521 g/mol. The van der Waals surface area contributed by atoms with Gasteiger partial charge in [-0.1, -0.05) is 19.9 Å². The van der Waals surface area contributed by atoms with Crippen molar-refractivity contribution in [2.24, 2.45) is 34.0 Å². The van der Waals surface area contributed by atoms with E-state index in [2.05, 4.69) is 0 Å². The van der Waals surface area contributed by atoms with Crippen molar-refractivity contribution < 1.29 is 42.1 Å². The molecule has 3 saturated carbocycles. The number of aliphatic hydroxyl groups excluding tert-OH is 1. The Hall–Kier alpha value is -1.65. The number of carbonyl (C=O) groups is 3. The second-order valence-corrected chi connectivity index (χ2v) is 13.4. The second-order valence-electron chi connectivity index (χ2n) is 12.5. The fourth-order valence-corrected chi connectivity index (χ4v) is 9.26. The van der Waals surface area contributed by atoms with Crippen LogP contribution in [0.3, 0.4) is 0 Å². The highest BCUT2D eigenvalue weighted by Gasteiger charge is 2.78. The predicted octanol–water partition coefficient (Wildman–Crippen LogP) is 4.45. The van der Waals surface area contributed by atoms with Gasteiger partial charge in [0.2, 0.25) is 5.12 Å². The Bertz CT molecular complexity index is 1120. The first-order chi connectivity index (χ1) is 17.7. The van der Waals surface area contributed by atoms with E-state index in [1.54, 1.807) is 20.8 Å². The highest BCUT2D eigenvalue weighted by molar-refractivity contribution is 8.13. The molecule has 6 nitrogen and oxygen atoms in total. The number of halogens is 3. The van der Waals surface area contributed by atoms with Crippen molar-refractivity contribution in [1.82, 2.24) is 0 Å². The lowest BCUT2D eigenvalue weighted by molar-refractivity contribution is -0.231. The van der Waals surface area contributed by atoms with Gasteiger partial charge in [-0.2, -0.15) is 0 Å². The topological polar surface area (TPSA) is 89.9 Å². The SMILES string of the molecule is C[C@@H]1C[C@H]2[C@@H]3C[C@H](F)C4=CC(=O)C=C[C@]4(C)[C@@]3(F)[C@@H](O)C[C@]2(C)[C@@]1(OC(=O)[C@]1(C)CCOC1)C(=O)SCF. The summed E-state index contributed by atoms with van der Waals surface area (Å²) in [6.45, 7) is 7.06. The van der Waals surface area contributed by atoms with Crippen molar-refractivity contribution in [3.05, 3.63) is 23.8 Å². The number of allylic oxidation sites excluding steroid dienone is 4. The molecule has 0 aromatic carbocycles. The Kier molecular flexibility index (Phi) is 6.56. The molecule has 1 heterocycles. The van der Waals surface area contributed by atoms with Crippen molar-refractivity contribution >= 4 is 28.6 Å². The summed E-state index contributed by atoms with van der Waals surface area (Å²) in [6.07, 6.45) is 0.462. The molecule has 4 aliphatic carbocycles. The van der Waals surface area contributed by atoms with Gasteiger partial charge >= 0.3 is 5.97 Å². The molecule has 0 bridgehead atoms. The van der Waals surface area contributed by atoms with Gasteiger partial charge in [-0.15, -0.1) is 0 Å². The number of ether oxygens (including phenoxy) is 2. The van der Waals surface area contributed by atoms with Crippen LogP contribution < -0.4 is 0 Å². The quantitative estimate of drug-likeness (QED) is 0.512.